The predicted molar refractivity (Wildman–Crippen MR) is 102 cm³/mol. The number of hydrogen-bond donors (Lipinski definition) is 0. The quantitative estimate of drug-likeness (QED) is 0.574. The van der Waals surface area contributed by atoms with Crippen molar-refractivity contribution >= 4 is 29.5 Å². The second-order valence-corrected chi connectivity index (χ2v) is 6.79. The highest BCUT2D eigenvalue weighted by Crippen LogP contribution is 2.23. The Balaban J connectivity index is 1.41. The van der Waals surface area contributed by atoms with Crippen molar-refractivity contribution in [2.75, 3.05) is 42.6 Å². The van der Waals surface area contributed by atoms with Crippen LogP contribution in [0.25, 0.3) is 0 Å². The maximum absolute atomic E-state index is 12.7. The summed E-state index contributed by atoms with van der Waals surface area (Å²) < 4.78 is 0. The van der Waals surface area contributed by atoms with Crippen LogP contribution in [0, 0.1) is 6.92 Å². The number of aryl methyl sites for hydroxylation is 1. The van der Waals surface area contributed by atoms with Gasteiger partial charge < -0.3 is 4.90 Å². The number of amides is 4. The highest BCUT2D eigenvalue weighted by molar-refractivity contribution is 6.52. The van der Waals surface area contributed by atoms with Gasteiger partial charge in [-0.05, 0) is 25.1 Å². The van der Waals surface area contributed by atoms with Gasteiger partial charge in [0, 0.05) is 38.6 Å². The standard InChI is InChI=1S/C19H20N6O3/c1-14-3-5-15(6-4-14)25-17(27)16(26)24(19(25)28)13-22-9-11-23(12-10-22)18-20-7-2-8-21-18/h2-8H,9-13H2,1H3. The molecule has 0 N–H and O–H groups in total. The molecule has 0 unspecified atom stereocenters. The first-order valence-corrected chi connectivity index (χ1v) is 9.05. The fourth-order valence-corrected chi connectivity index (χ4v) is 3.30. The van der Waals surface area contributed by atoms with Crippen molar-refractivity contribution in [1.29, 1.82) is 0 Å². The third-order valence-corrected chi connectivity index (χ3v) is 4.89. The first-order chi connectivity index (χ1) is 13.5. The first-order valence-electron chi connectivity index (χ1n) is 9.05. The number of carbonyl (C=O) groups excluding carboxylic acids is 3. The Morgan fingerprint density at radius 1 is 0.893 bits per heavy atom. The molecule has 0 spiro atoms. The zero-order valence-corrected chi connectivity index (χ0v) is 15.5. The summed E-state index contributed by atoms with van der Waals surface area (Å²) in [5.41, 5.74) is 1.41. The van der Waals surface area contributed by atoms with Crippen LogP contribution in [0.1, 0.15) is 5.56 Å². The molecule has 28 heavy (non-hydrogen) atoms. The number of nitrogens with zero attached hydrogens (tertiary/aromatic N) is 6. The summed E-state index contributed by atoms with van der Waals surface area (Å²) in [6.07, 6.45) is 3.39. The summed E-state index contributed by atoms with van der Waals surface area (Å²) in [6, 6.07) is 8.09. The van der Waals surface area contributed by atoms with Crippen LogP contribution in [0.2, 0.25) is 0 Å². The molecular formula is C19H20N6O3. The van der Waals surface area contributed by atoms with Crippen LogP contribution >= 0.6 is 0 Å². The predicted octanol–water partition coefficient (Wildman–Crippen LogP) is 0.860. The topological polar surface area (TPSA) is 90.0 Å². The Bertz CT molecular complexity index is 894. The maximum Gasteiger partial charge on any atom is 0.340 e. The number of benzene rings is 1. The zero-order valence-electron chi connectivity index (χ0n) is 15.5. The molecule has 2 aromatic rings. The number of piperazine rings is 1. The fourth-order valence-electron chi connectivity index (χ4n) is 3.30. The highest BCUT2D eigenvalue weighted by Gasteiger charge is 2.46. The number of aromatic nitrogens is 2. The minimum atomic E-state index is -0.815. The van der Waals surface area contributed by atoms with Crippen LogP contribution in [-0.2, 0) is 9.59 Å². The van der Waals surface area contributed by atoms with Crippen molar-refractivity contribution in [3.63, 3.8) is 0 Å². The van der Waals surface area contributed by atoms with Gasteiger partial charge >= 0.3 is 17.8 Å². The van der Waals surface area contributed by atoms with E-state index in [0.717, 1.165) is 15.4 Å². The van der Waals surface area contributed by atoms with E-state index in [-0.39, 0.29) is 6.67 Å². The van der Waals surface area contributed by atoms with Crippen LogP contribution < -0.4 is 9.80 Å². The summed E-state index contributed by atoms with van der Waals surface area (Å²) in [7, 11) is 0. The smallest absolute Gasteiger partial charge is 0.338 e. The maximum atomic E-state index is 12.7. The highest BCUT2D eigenvalue weighted by atomic mass is 16.2. The van der Waals surface area contributed by atoms with Gasteiger partial charge in [-0.15, -0.1) is 0 Å². The third-order valence-electron chi connectivity index (χ3n) is 4.89. The van der Waals surface area contributed by atoms with E-state index < -0.39 is 17.8 Å². The Hall–Kier alpha value is -3.33. The van der Waals surface area contributed by atoms with E-state index in [1.54, 1.807) is 42.7 Å². The van der Waals surface area contributed by atoms with E-state index in [1.165, 1.54) is 0 Å². The lowest BCUT2D eigenvalue weighted by Gasteiger charge is -2.35. The number of carbonyl (C=O) groups is 3. The van der Waals surface area contributed by atoms with E-state index in [1.807, 2.05) is 16.7 Å². The Labute approximate surface area is 162 Å². The van der Waals surface area contributed by atoms with E-state index in [0.29, 0.717) is 37.8 Å². The van der Waals surface area contributed by atoms with Gasteiger partial charge in [0.05, 0.1) is 12.4 Å². The van der Waals surface area contributed by atoms with Gasteiger partial charge in [0.1, 0.15) is 0 Å². The minimum Gasteiger partial charge on any atom is -0.338 e. The molecule has 0 radical (unpaired) electrons. The largest absolute Gasteiger partial charge is 0.340 e. The molecule has 3 heterocycles. The molecule has 2 fully saturated rings. The minimum absolute atomic E-state index is 0.0925. The van der Waals surface area contributed by atoms with Gasteiger partial charge in [-0.3, -0.25) is 14.5 Å². The molecule has 1 aromatic heterocycles. The summed E-state index contributed by atoms with van der Waals surface area (Å²) in [5.74, 6) is -0.944. The van der Waals surface area contributed by atoms with Gasteiger partial charge in [0.2, 0.25) is 5.95 Å². The molecule has 0 saturated carbocycles. The number of anilines is 2. The normalized spacial score (nSPS) is 18.3. The Morgan fingerprint density at radius 3 is 2.18 bits per heavy atom. The number of rotatable bonds is 4. The Morgan fingerprint density at radius 2 is 1.54 bits per heavy atom. The SMILES string of the molecule is Cc1ccc(N2C(=O)C(=O)N(CN3CCN(c4ncccn4)CC3)C2=O)cc1. The molecular weight excluding hydrogens is 360 g/mol. The third kappa shape index (κ3) is 3.31. The summed E-state index contributed by atoms with van der Waals surface area (Å²) in [5, 5.41) is 0. The van der Waals surface area contributed by atoms with Gasteiger partial charge in [-0.25, -0.2) is 24.6 Å². The molecule has 0 aliphatic carbocycles. The van der Waals surface area contributed by atoms with Gasteiger partial charge in [-0.2, -0.15) is 0 Å². The van der Waals surface area contributed by atoms with Crippen molar-refractivity contribution in [2.45, 2.75) is 6.92 Å². The Kier molecular flexibility index (Phi) is 4.74. The molecule has 0 bridgehead atoms. The van der Waals surface area contributed by atoms with Gasteiger partial charge in [0.15, 0.2) is 0 Å². The first kappa shape index (κ1) is 18.1. The molecule has 4 rings (SSSR count). The molecule has 2 aliphatic rings. The molecule has 2 aliphatic heterocycles. The molecule has 9 heteroatoms. The van der Waals surface area contributed by atoms with Crippen LogP contribution in [0.4, 0.5) is 16.4 Å². The van der Waals surface area contributed by atoms with E-state index in [2.05, 4.69) is 9.97 Å². The lowest BCUT2D eigenvalue weighted by Crippen LogP contribution is -2.51. The lowest BCUT2D eigenvalue weighted by atomic mass is 10.2. The lowest BCUT2D eigenvalue weighted by molar-refractivity contribution is -0.140. The average Bonchev–Trinajstić information content (AvgIpc) is 2.93. The monoisotopic (exact) mass is 380 g/mol. The molecule has 1 aromatic carbocycles. The average molecular weight is 380 g/mol. The molecule has 144 valence electrons. The van der Waals surface area contributed by atoms with E-state index in [9.17, 15) is 14.4 Å². The van der Waals surface area contributed by atoms with Gasteiger partial charge in [0.25, 0.3) is 0 Å². The summed E-state index contributed by atoms with van der Waals surface area (Å²) >= 11 is 0. The van der Waals surface area contributed by atoms with Crippen LogP contribution in [0.15, 0.2) is 42.7 Å². The second-order valence-electron chi connectivity index (χ2n) is 6.79. The molecule has 4 amide bonds. The van der Waals surface area contributed by atoms with Crippen molar-refractivity contribution in [3.05, 3.63) is 48.3 Å². The van der Waals surface area contributed by atoms with Crippen LogP contribution in [-0.4, -0.2) is 70.5 Å². The summed E-state index contributed by atoms with van der Waals surface area (Å²) in [6.45, 7) is 4.62. The molecule has 9 nitrogen and oxygen atoms in total. The zero-order chi connectivity index (χ0) is 19.7. The summed E-state index contributed by atoms with van der Waals surface area (Å²) in [4.78, 5) is 51.9. The second kappa shape index (κ2) is 7.35. The van der Waals surface area contributed by atoms with Crippen molar-refractivity contribution in [3.8, 4) is 0 Å². The molecule has 2 saturated heterocycles. The number of urea groups is 1. The van der Waals surface area contributed by atoms with Gasteiger partial charge in [-0.1, -0.05) is 17.7 Å². The number of imide groups is 2. The number of hydrogen-bond acceptors (Lipinski definition) is 7. The fraction of sp³-hybridized carbons (Fsp3) is 0.316. The van der Waals surface area contributed by atoms with Crippen molar-refractivity contribution < 1.29 is 14.4 Å². The van der Waals surface area contributed by atoms with Crippen LogP contribution in [0.5, 0.6) is 0 Å². The van der Waals surface area contributed by atoms with Crippen molar-refractivity contribution in [1.82, 2.24) is 19.8 Å². The van der Waals surface area contributed by atoms with E-state index in [4.69, 9.17) is 0 Å². The van der Waals surface area contributed by atoms with E-state index >= 15 is 0 Å². The van der Waals surface area contributed by atoms with Crippen molar-refractivity contribution in [2.24, 2.45) is 0 Å². The van der Waals surface area contributed by atoms with Crippen LogP contribution in [0.3, 0.4) is 0 Å². The molecule has 0 atom stereocenters.